The summed E-state index contributed by atoms with van der Waals surface area (Å²) in [6.45, 7) is 3.28. The molecule has 0 saturated carbocycles. The number of anilines is 1. The van der Waals surface area contributed by atoms with Gasteiger partial charge in [0.15, 0.2) is 0 Å². The maximum Gasteiger partial charge on any atom is 0.219 e. The minimum Gasteiger partial charge on any atom is -0.361 e. The maximum absolute atomic E-state index is 11.3. The van der Waals surface area contributed by atoms with E-state index in [0.717, 1.165) is 37.4 Å². The standard InChI is InChI=1S/C13H20N4O/c1-10(18)17-8-4-11(5-9-17)12-13(16(2)3)15-7-6-14-12/h6-7,11H,4-5,8-9H2,1-3H3. The number of amides is 1. The number of nitrogens with zero attached hydrogens (tertiary/aromatic N) is 4. The Balaban J connectivity index is 2.12. The fraction of sp³-hybridized carbons (Fsp3) is 0.615. The fourth-order valence-corrected chi connectivity index (χ4v) is 2.44. The number of carbonyl (C=O) groups excluding carboxylic acids is 1. The first-order valence-corrected chi connectivity index (χ1v) is 6.33. The second kappa shape index (κ2) is 5.33. The Hall–Kier alpha value is -1.65. The van der Waals surface area contributed by atoms with E-state index in [-0.39, 0.29) is 5.91 Å². The second-order valence-electron chi connectivity index (χ2n) is 4.94. The SMILES string of the molecule is CC(=O)N1CCC(c2nccnc2N(C)C)CC1. The van der Waals surface area contributed by atoms with Crippen LogP contribution >= 0.6 is 0 Å². The van der Waals surface area contributed by atoms with Crippen LogP contribution in [0.3, 0.4) is 0 Å². The summed E-state index contributed by atoms with van der Waals surface area (Å²) in [6.07, 6.45) is 5.42. The molecule has 5 nitrogen and oxygen atoms in total. The van der Waals surface area contributed by atoms with Crippen LogP contribution in [0.2, 0.25) is 0 Å². The highest BCUT2D eigenvalue weighted by Crippen LogP contribution is 2.31. The Kier molecular flexibility index (Phi) is 3.79. The van der Waals surface area contributed by atoms with Gasteiger partial charge in [0.2, 0.25) is 5.91 Å². The zero-order valence-electron chi connectivity index (χ0n) is 11.3. The molecule has 0 unspecified atom stereocenters. The predicted molar refractivity (Wildman–Crippen MR) is 70.6 cm³/mol. The van der Waals surface area contributed by atoms with Gasteiger partial charge in [0.05, 0.1) is 5.69 Å². The van der Waals surface area contributed by atoms with Crippen molar-refractivity contribution in [2.75, 3.05) is 32.1 Å². The highest BCUT2D eigenvalue weighted by Gasteiger charge is 2.25. The Morgan fingerprint density at radius 1 is 1.28 bits per heavy atom. The molecule has 18 heavy (non-hydrogen) atoms. The van der Waals surface area contributed by atoms with E-state index in [1.165, 1.54) is 0 Å². The van der Waals surface area contributed by atoms with Crippen molar-refractivity contribution >= 4 is 11.7 Å². The third-order valence-electron chi connectivity index (χ3n) is 3.46. The largest absolute Gasteiger partial charge is 0.361 e. The minimum absolute atomic E-state index is 0.167. The second-order valence-corrected chi connectivity index (χ2v) is 4.94. The highest BCUT2D eigenvalue weighted by atomic mass is 16.2. The molecule has 2 rings (SSSR count). The molecule has 0 N–H and O–H groups in total. The van der Waals surface area contributed by atoms with Gasteiger partial charge in [-0.3, -0.25) is 9.78 Å². The normalized spacial score (nSPS) is 16.7. The minimum atomic E-state index is 0.167. The molecule has 1 saturated heterocycles. The van der Waals surface area contributed by atoms with Crippen molar-refractivity contribution in [1.29, 1.82) is 0 Å². The number of piperidine rings is 1. The summed E-state index contributed by atoms with van der Waals surface area (Å²) in [7, 11) is 3.97. The summed E-state index contributed by atoms with van der Waals surface area (Å²) in [4.78, 5) is 24.1. The molecule has 1 aliphatic rings. The summed E-state index contributed by atoms with van der Waals surface area (Å²) >= 11 is 0. The number of carbonyl (C=O) groups is 1. The van der Waals surface area contributed by atoms with Gasteiger partial charge in [0.1, 0.15) is 5.82 Å². The zero-order chi connectivity index (χ0) is 13.1. The number of hydrogen-bond donors (Lipinski definition) is 0. The summed E-state index contributed by atoms with van der Waals surface area (Å²) in [5, 5.41) is 0. The van der Waals surface area contributed by atoms with E-state index in [4.69, 9.17) is 0 Å². The molecule has 1 fully saturated rings. The van der Waals surface area contributed by atoms with Crippen molar-refractivity contribution in [2.45, 2.75) is 25.7 Å². The molecule has 0 aromatic carbocycles. The Morgan fingerprint density at radius 3 is 2.44 bits per heavy atom. The summed E-state index contributed by atoms with van der Waals surface area (Å²) in [5.41, 5.74) is 1.06. The van der Waals surface area contributed by atoms with Gasteiger partial charge in [-0.05, 0) is 12.8 Å². The molecule has 1 aromatic rings. The van der Waals surface area contributed by atoms with Crippen LogP contribution in [-0.2, 0) is 4.79 Å². The molecule has 1 aromatic heterocycles. The zero-order valence-corrected chi connectivity index (χ0v) is 11.3. The summed E-state index contributed by atoms with van der Waals surface area (Å²) in [5.74, 6) is 1.52. The third kappa shape index (κ3) is 2.60. The van der Waals surface area contributed by atoms with Gasteiger partial charge in [0, 0.05) is 52.4 Å². The lowest BCUT2D eigenvalue weighted by Gasteiger charge is -2.32. The predicted octanol–water partition coefficient (Wildman–Crippen LogP) is 1.27. The van der Waals surface area contributed by atoms with E-state index in [1.807, 2.05) is 23.9 Å². The lowest BCUT2D eigenvalue weighted by molar-refractivity contribution is -0.129. The molecule has 0 aliphatic carbocycles. The van der Waals surface area contributed by atoms with Gasteiger partial charge in [-0.25, -0.2) is 4.98 Å². The van der Waals surface area contributed by atoms with Gasteiger partial charge in [-0.15, -0.1) is 0 Å². The Morgan fingerprint density at radius 2 is 1.89 bits per heavy atom. The number of likely N-dealkylation sites (tertiary alicyclic amines) is 1. The molecule has 5 heteroatoms. The molecule has 0 spiro atoms. The molecule has 98 valence electrons. The molecular formula is C13H20N4O. The lowest BCUT2D eigenvalue weighted by atomic mass is 9.93. The third-order valence-corrected chi connectivity index (χ3v) is 3.46. The van der Waals surface area contributed by atoms with E-state index in [1.54, 1.807) is 19.3 Å². The topological polar surface area (TPSA) is 49.3 Å². The highest BCUT2D eigenvalue weighted by molar-refractivity contribution is 5.73. The van der Waals surface area contributed by atoms with Crippen molar-refractivity contribution in [3.05, 3.63) is 18.1 Å². The van der Waals surface area contributed by atoms with Crippen molar-refractivity contribution in [1.82, 2.24) is 14.9 Å². The summed E-state index contributed by atoms with van der Waals surface area (Å²) < 4.78 is 0. The molecular weight excluding hydrogens is 228 g/mol. The van der Waals surface area contributed by atoms with Crippen LogP contribution in [0.25, 0.3) is 0 Å². The van der Waals surface area contributed by atoms with Crippen LogP contribution < -0.4 is 4.90 Å². The number of aromatic nitrogens is 2. The van der Waals surface area contributed by atoms with Crippen LogP contribution in [0.1, 0.15) is 31.4 Å². The van der Waals surface area contributed by atoms with Crippen molar-refractivity contribution in [2.24, 2.45) is 0 Å². The monoisotopic (exact) mass is 248 g/mol. The molecule has 2 heterocycles. The Labute approximate surface area is 108 Å². The smallest absolute Gasteiger partial charge is 0.219 e. The number of hydrogen-bond acceptors (Lipinski definition) is 4. The van der Waals surface area contributed by atoms with Crippen LogP contribution in [0.5, 0.6) is 0 Å². The van der Waals surface area contributed by atoms with E-state index >= 15 is 0 Å². The van der Waals surface area contributed by atoms with Crippen LogP contribution in [0, 0.1) is 0 Å². The van der Waals surface area contributed by atoms with Crippen molar-refractivity contribution in [3.63, 3.8) is 0 Å². The molecule has 1 amide bonds. The van der Waals surface area contributed by atoms with Crippen LogP contribution in [-0.4, -0.2) is 48.0 Å². The van der Waals surface area contributed by atoms with Gasteiger partial charge in [0.25, 0.3) is 0 Å². The first kappa shape index (κ1) is 12.8. The van der Waals surface area contributed by atoms with Gasteiger partial charge >= 0.3 is 0 Å². The molecule has 0 bridgehead atoms. The van der Waals surface area contributed by atoms with Crippen molar-refractivity contribution < 1.29 is 4.79 Å². The Bertz CT molecular complexity index is 425. The summed E-state index contributed by atoms with van der Waals surface area (Å²) in [6, 6.07) is 0. The van der Waals surface area contributed by atoms with Gasteiger partial charge in [-0.2, -0.15) is 0 Å². The maximum atomic E-state index is 11.3. The van der Waals surface area contributed by atoms with Crippen LogP contribution in [0.4, 0.5) is 5.82 Å². The lowest BCUT2D eigenvalue weighted by Crippen LogP contribution is -2.36. The van der Waals surface area contributed by atoms with E-state index in [0.29, 0.717) is 5.92 Å². The quantitative estimate of drug-likeness (QED) is 0.791. The fourth-order valence-electron chi connectivity index (χ4n) is 2.44. The van der Waals surface area contributed by atoms with Gasteiger partial charge in [-0.1, -0.05) is 0 Å². The van der Waals surface area contributed by atoms with Crippen molar-refractivity contribution in [3.8, 4) is 0 Å². The average Bonchev–Trinajstić information content (AvgIpc) is 2.39. The van der Waals surface area contributed by atoms with E-state index in [9.17, 15) is 4.79 Å². The average molecular weight is 248 g/mol. The first-order valence-electron chi connectivity index (χ1n) is 6.33. The molecule has 1 aliphatic heterocycles. The van der Waals surface area contributed by atoms with E-state index < -0.39 is 0 Å². The number of rotatable bonds is 2. The van der Waals surface area contributed by atoms with Crippen LogP contribution in [0.15, 0.2) is 12.4 Å². The first-order chi connectivity index (χ1) is 8.59. The molecule has 0 atom stereocenters. The van der Waals surface area contributed by atoms with Gasteiger partial charge < -0.3 is 9.80 Å². The van der Waals surface area contributed by atoms with E-state index in [2.05, 4.69) is 9.97 Å². The molecule has 0 radical (unpaired) electrons.